The van der Waals surface area contributed by atoms with Crippen molar-refractivity contribution in [2.45, 2.75) is 0 Å². The Bertz CT molecular complexity index is 911. The van der Waals surface area contributed by atoms with Crippen molar-refractivity contribution < 1.29 is 23.5 Å². The fraction of sp³-hybridized carbons (Fsp3) is 0. The maximum Gasteiger partial charge on any atom is 0.233 e. The van der Waals surface area contributed by atoms with Crippen LogP contribution in [-0.4, -0.2) is 25.9 Å². The Morgan fingerprint density at radius 3 is 3.00 bits per heavy atom. The maximum absolute atomic E-state index is 10.8. The van der Waals surface area contributed by atoms with E-state index in [0.29, 0.717) is 34.8 Å². The van der Waals surface area contributed by atoms with Crippen molar-refractivity contribution in [1.82, 2.24) is 19.6 Å². The number of hydrogen-bond acceptors (Lipinski definition) is 5. The van der Waals surface area contributed by atoms with E-state index in [1.54, 1.807) is 30.5 Å². The second-order valence-corrected chi connectivity index (χ2v) is 4.20. The molecule has 0 bridgehead atoms. The number of nitrogens with zero attached hydrogens (tertiary/aromatic N) is 4. The molecule has 0 saturated heterocycles. The minimum absolute atomic E-state index is 0. The number of carbonyl (C=O) groups excluding carboxylic acids is 1. The van der Waals surface area contributed by atoms with Gasteiger partial charge in [-0.2, -0.15) is 17.2 Å². The molecule has 0 N–H and O–H groups in total. The molecular formula is C14H7AmN4O2-. The molecule has 0 spiro atoms. The van der Waals surface area contributed by atoms with Gasteiger partial charge in [-0.05, 0) is 12.1 Å². The Hall–Kier alpha value is -2.63. The number of rotatable bonds is 2. The Morgan fingerprint density at radius 1 is 1.29 bits per heavy atom. The summed E-state index contributed by atoms with van der Waals surface area (Å²) in [6, 6.07) is 11.6. The molecule has 1 radical (unpaired) electrons. The van der Waals surface area contributed by atoms with Crippen molar-refractivity contribution in [1.29, 1.82) is 0 Å². The minimum atomic E-state index is 0. The molecule has 0 saturated carbocycles. The van der Waals surface area contributed by atoms with Crippen LogP contribution in [0.3, 0.4) is 0 Å². The van der Waals surface area contributed by atoms with E-state index in [2.05, 4.69) is 21.1 Å². The molecule has 0 aliphatic rings. The quantitative estimate of drug-likeness (QED) is 0.308. The number of aldehydes is 1. The third-order valence-corrected chi connectivity index (χ3v) is 2.96. The Balaban J connectivity index is 0.00000132. The Morgan fingerprint density at radius 2 is 2.19 bits per heavy atom. The number of benzene rings is 1. The molecule has 0 unspecified atom stereocenters. The molecule has 3 heterocycles. The molecule has 0 aliphatic heterocycles. The van der Waals surface area contributed by atoms with Crippen LogP contribution in [0.2, 0.25) is 0 Å². The van der Waals surface area contributed by atoms with E-state index >= 15 is 0 Å². The average Bonchev–Trinajstić information content (AvgIpc) is 3.09. The first kappa shape index (κ1) is 13.4. The van der Waals surface area contributed by atoms with Gasteiger partial charge in [0.05, 0.1) is 6.20 Å². The molecule has 7 heteroatoms. The van der Waals surface area contributed by atoms with Gasteiger partial charge < -0.3 is 4.42 Å². The second-order valence-electron chi connectivity index (χ2n) is 4.20. The molecule has 21 heavy (non-hydrogen) atoms. The molecule has 103 valence electrons. The van der Waals surface area contributed by atoms with Gasteiger partial charge in [0.2, 0.25) is 5.89 Å². The van der Waals surface area contributed by atoms with Gasteiger partial charge in [0.15, 0.2) is 11.9 Å². The summed E-state index contributed by atoms with van der Waals surface area (Å²) in [7, 11) is 0. The maximum atomic E-state index is 10.8. The first-order chi connectivity index (χ1) is 9.85. The molecule has 0 aliphatic carbocycles. The van der Waals surface area contributed by atoms with Gasteiger partial charge in [-0.1, -0.05) is 0 Å². The van der Waals surface area contributed by atoms with Crippen LogP contribution in [0.15, 0.2) is 40.9 Å². The fourth-order valence-corrected chi connectivity index (χ4v) is 2.02. The van der Waals surface area contributed by atoms with Crippen molar-refractivity contribution in [3.63, 3.8) is 0 Å². The summed E-state index contributed by atoms with van der Waals surface area (Å²) in [5.41, 5.74) is 2.92. The molecule has 0 atom stereocenters. The van der Waals surface area contributed by atoms with Gasteiger partial charge in [0.25, 0.3) is 0 Å². The van der Waals surface area contributed by atoms with Gasteiger partial charge >= 0.3 is 0 Å². The third kappa shape index (κ3) is 2.08. The molecule has 1 aromatic carbocycles. The van der Waals surface area contributed by atoms with Crippen LogP contribution < -0.4 is 0 Å². The minimum Gasteiger partial charge on any atom is -0.499 e. The van der Waals surface area contributed by atoms with E-state index < -0.39 is 0 Å². The molecular weight excluding hydrogens is 499 g/mol. The molecule has 6 nitrogen and oxygen atoms in total. The first-order valence-corrected chi connectivity index (χ1v) is 5.92. The van der Waals surface area contributed by atoms with Crippen LogP contribution in [0.4, 0.5) is 0 Å². The summed E-state index contributed by atoms with van der Waals surface area (Å²) in [5, 5.41) is 4.18. The fourth-order valence-electron chi connectivity index (χ4n) is 2.02. The number of aromatic nitrogens is 4. The van der Waals surface area contributed by atoms with Gasteiger partial charge in [0, 0.05) is 25.4 Å². The van der Waals surface area contributed by atoms with Crippen molar-refractivity contribution in [2.24, 2.45) is 0 Å². The largest absolute Gasteiger partial charge is 0.499 e. The predicted molar refractivity (Wildman–Crippen MR) is 70.2 cm³/mol. The standard InChI is InChI=1S/C14H7N4O2.Am/c19-8-9-5-6-13-15-7-11(18(13)17-9)14-16-10-3-1-2-4-12(10)20-14;/h1,3-8H;/q-1;. The Labute approximate surface area is 126 Å². The van der Waals surface area contributed by atoms with Crippen LogP contribution in [0.5, 0.6) is 0 Å². The average molecular weight is 506 g/mol. The summed E-state index contributed by atoms with van der Waals surface area (Å²) in [5.74, 6) is 0.405. The van der Waals surface area contributed by atoms with Gasteiger partial charge in [0.1, 0.15) is 11.4 Å². The molecule has 3 aromatic heterocycles. The van der Waals surface area contributed by atoms with Gasteiger partial charge in [-0.25, -0.2) is 14.5 Å². The van der Waals surface area contributed by atoms with Gasteiger partial charge in [-0.3, -0.25) is 4.79 Å². The van der Waals surface area contributed by atoms with Crippen molar-refractivity contribution in [3.8, 4) is 11.6 Å². The second kappa shape index (κ2) is 5.05. The van der Waals surface area contributed by atoms with Crippen LogP contribution in [0, 0.1) is 20.3 Å². The van der Waals surface area contributed by atoms with Crippen molar-refractivity contribution in [2.75, 3.05) is 0 Å². The molecule has 4 rings (SSSR count). The summed E-state index contributed by atoms with van der Waals surface area (Å²) in [6.45, 7) is 0. The van der Waals surface area contributed by atoms with Crippen LogP contribution in [0.25, 0.3) is 28.3 Å². The zero-order valence-electron chi connectivity index (χ0n) is 10.5. The summed E-state index contributed by atoms with van der Waals surface area (Å²) in [6.07, 6.45) is 2.30. The number of imidazole rings is 1. The van der Waals surface area contributed by atoms with Crippen molar-refractivity contribution in [3.05, 3.63) is 48.3 Å². The SMILES string of the molecule is O=Cc1ccc2ncc(-c3nc4cc[c-]cc4o3)n2n1.[Am]. The summed E-state index contributed by atoms with van der Waals surface area (Å²) < 4.78 is 7.20. The molecule has 0 amide bonds. The van der Waals surface area contributed by atoms with E-state index in [9.17, 15) is 4.79 Å². The number of oxazole rings is 1. The van der Waals surface area contributed by atoms with Crippen molar-refractivity contribution >= 4 is 23.0 Å². The van der Waals surface area contributed by atoms with Crippen LogP contribution in [-0.2, 0) is 0 Å². The summed E-state index contributed by atoms with van der Waals surface area (Å²) >= 11 is 0. The number of hydrogen-bond donors (Lipinski definition) is 0. The molecule has 0 fully saturated rings. The zero-order valence-corrected chi connectivity index (χ0v) is 13.7. The van der Waals surface area contributed by atoms with E-state index in [-0.39, 0.29) is 14.3 Å². The number of fused-ring (bicyclic) bond motifs is 2. The van der Waals surface area contributed by atoms with E-state index in [4.69, 9.17) is 4.42 Å². The smallest absolute Gasteiger partial charge is 0.233 e. The third-order valence-electron chi connectivity index (χ3n) is 2.96. The van der Waals surface area contributed by atoms with E-state index in [1.165, 1.54) is 4.52 Å². The topological polar surface area (TPSA) is 73.3 Å². The monoisotopic (exact) mass is 504 g/mol. The Kier molecular flexibility index (Phi) is 3.21. The van der Waals surface area contributed by atoms with Crippen LogP contribution >= 0.6 is 0 Å². The predicted octanol–water partition coefficient (Wildman–Crippen LogP) is 2.15. The normalized spacial score (nSPS) is 10.7. The molecule has 4 aromatic rings. The summed E-state index contributed by atoms with van der Waals surface area (Å²) in [4.78, 5) is 19.4. The van der Waals surface area contributed by atoms with E-state index in [0.717, 1.165) is 5.52 Å². The van der Waals surface area contributed by atoms with Crippen LogP contribution in [0.1, 0.15) is 10.5 Å². The van der Waals surface area contributed by atoms with Gasteiger partial charge in [-0.15, -0.1) is 12.1 Å². The zero-order chi connectivity index (χ0) is 13.5. The first-order valence-electron chi connectivity index (χ1n) is 5.92. The van der Waals surface area contributed by atoms with E-state index in [1.807, 2.05) is 6.07 Å². The number of carbonyl (C=O) groups is 1.